The van der Waals surface area contributed by atoms with E-state index in [9.17, 15) is 9.18 Å². The molecule has 0 bridgehead atoms. The molecule has 0 atom stereocenters. The van der Waals surface area contributed by atoms with Crippen LogP contribution >= 0.6 is 11.8 Å². The maximum Gasteiger partial charge on any atom is 0.306 e. The summed E-state index contributed by atoms with van der Waals surface area (Å²) in [6, 6.07) is 6.84. The van der Waals surface area contributed by atoms with Gasteiger partial charge in [0.2, 0.25) is 0 Å². The summed E-state index contributed by atoms with van der Waals surface area (Å²) in [6.45, 7) is 0. The van der Waals surface area contributed by atoms with Crippen LogP contribution in [0.3, 0.4) is 0 Å². The first kappa shape index (κ1) is 13.4. The van der Waals surface area contributed by atoms with Gasteiger partial charge >= 0.3 is 5.97 Å². The zero-order chi connectivity index (χ0) is 13.0. The lowest BCUT2D eigenvalue weighted by atomic mass is 10.1. The van der Waals surface area contributed by atoms with Gasteiger partial charge in [0.05, 0.1) is 13.5 Å². The maximum absolute atomic E-state index is 13.4. The summed E-state index contributed by atoms with van der Waals surface area (Å²) in [5.41, 5.74) is 0.847. The van der Waals surface area contributed by atoms with E-state index >= 15 is 0 Å². The molecule has 0 aliphatic heterocycles. The third-order valence-electron chi connectivity index (χ3n) is 3.33. The minimum atomic E-state index is -0.150. The molecule has 2 rings (SSSR count). The van der Waals surface area contributed by atoms with Crippen LogP contribution < -0.4 is 0 Å². The molecule has 0 spiro atoms. The standard InChI is InChI=1S/C14H17FO2S/c1-17-13(16)8-14(6-7-14)10-18-9-11-4-2-3-5-12(11)15/h2-5H,6-10H2,1H3. The normalized spacial score (nSPS) is 16.3. The van der Waals surface area contributed by atoms with Gasteiger partial charge in [-0.25, -0.2) is 4.39 Å². The molecule has 0 heterocycles. The van der Waals surface area contributed by atoms with E-state index in [2.05, 4.69) is 0 Å². The van der Waals surface area contributed by atoms with E-state index in [4.69, 9.17) is 4.74 Å². The lowest BCUT2D eigenvalue weighted by molar-refractivity contribution is -0.141. The SMILES string of the molecule is COC(=O)CC1(CSCc2ccccc2F)CC1. The van der Waals surface area contributed by atoms with Crippen molar-refractivity contribution in [2.45, 2.75) is 25.0 Å². The molecule has 0 radical (unpaired) electrons. The molecular formula is C14H17FO2S. The lowest BCUT2D eigenvalue weighted by Gasteiger charge is -2.13. The molecule has 1 aliphatic carbocycles. The van der Waals surface area contributed by atoms with E-state index in [1.807, 2.05) is 12.1 Å². The monoisotopic (exact) mass is 268 g/mol. The maximum atomic E-state index is 13.4. The Labute approximate surface area is 111 Å². The van der Waals surface area contributed by atoms with Crippen LogP contribution in [0.4, 0.5) is 4.39 Å². The quantitative estimate of drug-likeness (QED) is 0.740. The van der Waals surface area contributed by atoms with Crippen molar-refractivity contribution in [1.29, 1.82) is 0 Å². The summed E-state index contributed by atoms with van der Waals surface area (Å²) in [7, 11) is 1.42. The Morgan fingerprint density at radius 1 is 1.44 bits per heavy atom. The number of thioether (sulfide) groups is 1. The smallest absolute Gasteiger partial charge is 0.306 e. The lowest BCUT2D eigenvalue weighted by Crippen LogP contribution is -2.13. The van der Waals surface area contributed by atoms with Gasteiger partial charge in [0.1, 0.15) is 5.82 Å². The van der Waals surface area contributed by atoms with Crippen LogP contribution in [0, 0.1) is 11.2 Å². The molecule has 0 amide bonds. The first-order chi connectivity index (χ1) is 8.65. The Hall–Kier alpha value is -1.03. The average molecular weight is 268 g/mol. The molecule has 0 unspecified atom stereocenters. The van der Waals surface area contributed by atoms with Gasteiger partial charge in [-0.1, -0.05) is 18.2 Å². The molecule has 1 saturated carbocycles. The first-order valence-electron chi connectivity index (χ1n) is 6.03. The zero-order valence-corrected chi connectivity index (χ0v) is 11.3. The molecule has 0 saturated heterocycles. The van der Waals surface area contributed by atoms with Gasteiger partial charge < -0.3 is 4.74 Å². The summed E-state index contributed by atoms with van der Waals surface area (Å²) in [4.78, 5) is 11.3. The summed E-state index contributed by atoms with van der Waals surface area (Å²) in [5.74, 6) is 1.27. The van der Waals surface area contributed by atoms with Crippen LogP contribution in [0.15, 0.2) is 24.3 Å². The number of benzene rings is 1. The molecule has 0 N–H and O–H groups in total. The van der Waals surface area contributed by atoms with Crippen LogP contribution in [0.2, 0.25) is 0 Å². The Bertz CT molecular complexity index is 430. The van der Waals surface area contributed by atoms with Gasteiger partial charge in [0, 0.05) is 5.75 Å². The number of esters is 1. The zero-order valence-electron chi connectivity index (χ0n) is 10.4. The van der Waals surface area contributed by atoms with Crippen LogP contribution in [0.5, 0.6) is 0 Å². The van der Waals surface area contributed by atoms with Gasteiger partial charge in [-0.3, -0.25) is 4.79 Å². The van der Waals surface area contributed by atoms with Crippen molar-refractivity contribution in [3.8, 4) is 0 Å². The van der Waals surface area contributed by atoms with E-state index < -0.39 is 0 Å². The number of hydrogen-bond acceptors (Lipinski definition) is 3. The van der Waals surface area contributed by atoms with Crippen molar-refractivity contribution >= 4 is 17.7 Å². The Kier molecular flexibility index (Phi) is 4.27. The summed E-state index contributed by atoms with van der Waals surface area (Å²) >= 11 is 1.69. The number of ether oxygens (including phenoxy) is 1. The molecule has 98 valence electrons. The molecule has 1 aromatic rings. The second-order valence-electron chi connectivity index (χ2n) is 4.84. The van der Waals surface area contributed by atoms with Gasteiger partial charge in [0.15, 0.2) is 0 Å². The Morgan fingerprint density at radius 3 is 2.78 bits per heavy atom. The van der Waals surface area contributed by atoms with Gasteiger partial charge in [-0.2, -0.15) is 11.8 Å². The highest BCUT2D eigenvalue weighted by molar-refractivity contribution is 7.98. The summed E-state index contributed by atoms with van der Waals surface area (Å²) in [5, 5.41) is 0. The highest BCUT2D eigenvalue weighted by Crippen LogP contribution is 2.51. The number of methoxy groups -OCH3 is 1. The number of rotatable bonds is 6. The van der Waals surface area contributed by atoms with Crippen LogP contribution in [0.25, 0.3) is 0 Å². The van der Waals surface area contributed by atoms with Gasteiger partial charge in [-0.05, 0) is 35.6 Å². The van der Waals surface area contributed by atoms with Crippen molar-refractivity contribution in [1.82, 2.24) is 0 Å². The number of carbonyl (C=O) groups excluding carboxylic acids is 1. The third-order valence-corrected chi connectivity index (χ3v) is 4.66. The van der Waals surface area contributed by atoms with E-state index in [-0.39, 0.29) is 17.2 Å². The fraction of sp³-hybridized carbons (Fsp3) is 0.500. The molecule has 0 aromatic heterocycles. The topological polar surface area (TPSA) is 26.3 Å². The largest absolute Gasteiger partial charge is 0.469 e. The van der Waals surface area contributed by atoms with E-state index in [0.29, 0.717) is 12.2 Å². The number of hydrogen-bond donors (Lipinski definition) is 0. The van der Waals surface area contributed by atoms with Crippen LogP contribution in [-0.2, 0) is 15.3 Å². The number of halogens is 1. The Morgan fingerprint density at radius 2 is 2.17 bits per heavy atom. The van der Waals surface area contributed by atoms with Crippen LogP contribution in [-0.4, -0.2) is 18.8 Å². The van der Waals surface area contributed by atoms with Crippen molar-refractivity contribution in [3.63, 3.8) is 0 Å². The third kappa shape index (κ3) is 3.48. The van der Waals surface area contributed by atoms with Crippen molar-refractivity contribution < 1.29 is 13.9 Å². The predicted molar refractivity (Wildman–Crippen MR) is 70.9 cm³/mol. The molecule has 1 fully saturated rings. The molecule has 1 aliphatic rings. The van der Waals surface area contributed by atoms with E-state index in [1.54, 1.807) is 17.8 Å². The summed E-state index contributed by atoms with van der Waals surface area (Å²) < 4.78 is 18.1. The molecule has 1 aromatic carbocycles. The second kappa shape index (κ2) is 5.74. The van der Waals surface area contributed by atoms with E-state index in [0.717, 1.165) is 24.2 Å². The van der Waals surface area contributed by atoms with Crippen molar-refractivity contribution in [3.05, 3.63) is 35.6 Å². The highest BCUT2D eigenvalue weighted by Gasteiger charge is 2.44. The first-order valence-corrected chi connectivity index (χ1v) is 7.19. The summed E-state index contributed by atoms with van der Waals surface area (Å²) in [6.07, 6.45) is 2.65. The number of carbonyl (C=O) groups is 1. The molecule has 4 heteroatoms. The molecular weight excluding hydrogens is 251 g/mol. The minimum Gasteiger partial charge on any atom is -0.469 e. The Balaban J connectivity index is 1.79. The molecule has 18 heavy (non-hydrogen) atoms. The fourth-order valence-corrected chi connectivity index (χ4v) is 3.30. The van der Waals surface area contributed by atoms with Crippen LogP contribution in [0.1, 0.15) is 24.8 Å². The molecule has 2 nitrogen and oxygen atoms in total. The van der Waals surface area contributed by atoms with Crippen molar-refractivity contribution in [2.75, 3.05) is 12.9 Å². The second-order valence-corrected chi connectivity index (χ2v) is 5.82. The predicted octanol–water partition coefficient (Wildman–Crippen LogP) is 3.40. The van der Waals surface area contributed by atoms with Gasteiger partial charge in [0.25, 0.3) is 0 Å². The van der Waals surface area contributed by atoms with E-state index in [1.165, 1.54) is 13.2 Å². The highest BCUT2D eigenvalue weighted by atomic mass is 32.2. The van der Waals surface area contributed by atoms with Crippen molar-refractivity contribution in [2.24, 2.45) is 5.41 Å². The average Bonchev–Trinajstić information content (AvgIpc) is 3.11. The minimum absolute atomic E-state index is 0.114. The fourth-order valence-electron chi connectivity index (χ4n) is 1.92. The van der Waals surface area contributed by atoms with Gasteiger partial charge in [-0.15, -0.1) is 0 Å².